The average molecular weight is 379 g/mol. The van der Waals surface area contributed by atoms with Crippen LogP contribution in [0.5, 0.6) is 0 Å². The third-order valence-corrected chi connectivity index (χ3v) is 5.22. The first-order chi connectivity index (χ1) is 13.3. The van der Waals surface area contributed by atoms with Gasteiger partial charge < -0.3 is 10.0 Å². The van der Waals surface area contributed by atoms with Crippen molar-refractivity contribution in [2.24, 2.45) is 4.99 Å². The summed E-state index contributed by atoms with van der Waals surface area (Å²) in [6.45, 7) is 1.89. The maximum Gasteiger partial charge on any atom is 0.227 e. The van der Waals surface area contributed by atoms with Gasteiger partial charge in [-0.25, -0.2) is 0 Å². The molecule has 1 rings (SSSR count). The largest absolute Gasteiger partial charge is 0.396 e. The molecular formula is C23H42N2O2. The second-order valence-corrected chi connectivity index (χ2v) is 7.73. The summed E-state index contributed by atoms with van der Waals surface area (Å²) < 4.78 is 0. The van der Waals surface area contributed by atoms with E-state index in [4.69, 9.17) is 5.11 Å². The summed E-state index contributed by atoms with van der Waals surface area (Å²) in [6.07, 6.45) is 25.6. The van der Waals surface area contributed by atoms with E-state index in [1.54, 1.807) is 11.2 Å². The van der Waals surface area contributed by atoms with Crippen LogP contribution >= 0.6 is 0 Å². The number of hydrogen-bond acceptors (Lipinski definition) is 3. The van der Waals surface area contributed by atoms with Crippen molar-refractivity contribution >= 4 is 12.2 Å². The second kappa shape index (κ2) is 18.2. The van der Waals surface area contributed by atoms with Crippen LogP contribution in [0.1, 0.15) is 103 Å². The van der Waals surface area contributed by atoms with Crippen molar-refractivity contribution in [1.29, 1.82) is 0 Å². The molecular weight excluding hydrogens is 336 g/mol. The van der Waals surface area contributed by atoms with Crippen LogP contribution in [-0.4, -0.2) is 41.9 Å². The lowest BCUT2D eigenvalue weighted by molar-refractivity contribution is -0.126. The van der Waals surface area contributed by atoms with Crippen molar-refractivity contribution in [3.05, 3.63) is 12.2 Å². The van der Waals surface area contributed by atoms with Crippen LogP contribution in [0.4, 0.5) is 0 Å². The second-order valence-electron chi connectivity index (χ2n) is 7.73. The smallest absolute Gasteiger partial charge is 0.227 e. The van der Waals surface area contributed by atoms with Gasteiger partial charge >= 0.3 is 0 Å². The summed E-state index contributed by atoms with van der Waals surface area (Å²) in [6, 6.07) is 0. The van der Waals surface area contributed by atoms with Crippen molar-refractivity contribution < 1.29 is 9.90 Å². The van der Waals surface area contributed by atoms with Crippen LogP contribution < -0.4 is 0 Å². The Morgan fingerprint density at radius 1 is 0.815 bits per heavy atom. The van der Waals surface area contributed by atoms with Crippen LogP contribution in [0.15, 0.2) is 17.1 Å². The van der Waals surface area contributed by atoms with Crippen molar-refractivity contribution in [3.8, 4) is 0 Å². The van der Waals surface area contributed by atoms with Gasteiger partial charge in [0.2, 0.25) is 5.91 Å². The Labute approximate surface area is 167 Å². The fourth-order valence-corrected chi connectivity index (χ4v) is 3.45. The van der Waals surface area contributed by atoms with E-state index < -0.39 is 0 Å². The quantitative estimate of drug-likeness (QED) is 0.248. The minimum atomic E-state index is 0.237. The highest BCUT2D eigenvalue weighted by Gasteiger charge is 2.13. The Balaban J connectivity index is 1.74. The number of hydrogen-bond donors (Lipinski definition) is 1. The van der Waals surface area contributed by atoms with Gasteiger partial charge in [-0.1, -0.05) is 69.9 Å². The van der Waals surface area contributed by atoms with Gasteiger partial charge in [0.25, 0.3) is 0 Å². The third-order valence-electron chi connectivity index (χ3n) is 5.22. The molecule has 156 valence electrons. The summed E-state index contributed by atoms with van der Waals surface area (Å²) in [5.41, 5.74) is 0. The van der Waals surface area contributed by atoms with Crippen LogP contribution in [0.25, 0.3) is 0 Å². The molecule has 0 unspecified atom stereocenters. The predicted molar refractivity (Wildman–Crippen MR) is 115 cm³/mol. The van der Waals surface area contributed by atoms with Gasteiger partial charge in [-0.2, -0.15) is 0 Å². The van der Waals surface area contributed by atoms with Crippen LogP contribution in [0.3, 0.4) is 0 Å². The summed E-state index contributed by atoms with van der Waals surface area (Å²) >= 11 is 0. The third kappa shape index (κ3) is 14.6. The molecule has 0 radical (unpaired) electrons. The van der Waals surface area contributed by atoms with Gasteiger partial charge in [0.1, 0.15) is 0 Å². The first-order valence-electron chi connectivity index (χ1n) is 11.4. The van der Waals surface area contributed by atoms with E-state index in [0.29, 0.717) is 13.0 Å². The molecule has 4 nitrogen and oxygen atoms in total. The molecule has 1 aliphatic heterocycles. The number of rotatable bonds is 18. The highest BCUT2D eigenvalue weighted by Crippen LogP contribution is 2.11. The summed E-state index contributed by atoms with van der Waals surface area (Å²) in [7, 11) is 0. The van der Waals surface area contributed by atoms with Crippen LogP contribution in [0.2, 0.25) is 0 Å². The highest BCUT2D eigenvalue weighted by molar-refractivity contribution is 5.88. The lowest BCUT2D eigenvalue weighted by atomic mass is 10.1. The Morgan fingerprint density at radius 2 is 1.33 bits per heavy atom. The van der Waals surface area contributed by atoms with Gasteiger partial charge in [0.15, 0.2) is 0 Å². The molecule has 0 atom stereocenters. The van der Waals surface area contributed by atoms with Gasteiger partial charge in [-0.05, 0) is 38.5 Å². The number of unbranched alkanes of at least 4 members (excludes halogenated alkanes) is 13. The summed E-state index contributed by atoms with van der Waals surface area (Å²) in [4.78, 5) is 17.7. The SMILES string of the molecule is O=C(CCCCCCC/C=C\CCCCCCCCCCO)N1C=NCC1. The number of carbonyl (C=O) groups is 1. The number of nitrogens with zero attached hydrogens (tertiary/aromatic N) is 2. The molecule has 1 amide bonds. The molecule has 0 saturated carbocycles. The molecule has 0 spiro atoms. The van der Waals surface area contributed by atoms with Crippen molar-refractivity contribution in [3.63, 3.8) is 0 Å². The zero-order valence-corrected chi connectivity index (χ0v) is 17.4. The molecule has 1 aliphatic rings. The number of amides is 1. The fraction of sp³-hybridized carbons (Fsp3) is 0.826. The molecule has 0 bridgehead atoms. The number of carbonyl (C=O) groups excluding carboxylic acids is 1. The topological polar surface area (TPSA) is 52.9 Å². The number of aliphatic hydroxyl groups excluding tert-OH is 1. The molecule has 0 saturated heterocycles. The highest BCUT2D eigenvalue weighted by atomic mass is 16.2. The molecule has 1 N–H and O–H groups in total. The molecule has 0 fully saturated rings. The zero-order valence-electron chi connectivity index (χ0n) is 17.4. The van der Waals surface area contributed by atoms with E-state index in [1.807, 2.05) is 0 Å². The van der Waals surface area contributed by atoms with E-state index in [9.17, 15) is 4.79 Å². The number of allylic oxidation sites excluding steroid dienone is 2. The van der Waals surface area contributed by atoms with Crippen LogP contribution in [0, 0.1) is 0 Å². The molecule has 0 aromatic heterocycles. The predicted octanol–water partition coefficient (Wildman–Crippen LogP) is 5.65. The van der Waals surface area contributed by atoms with E-state index in [0.717, 1.165) is 25.9 Å². The lowest BCUT2D eigenvalue weighted by Crippen LogP contribution is -2.27. The standard InChI is InChI=1S/C23H42N2O2/c26-21-17-15-13-11-9-7-5-3-1-2-4-6-8-10-12-14-16-18-23(27)25-20-19-24-22-25/h2,4,22,26H,1,3,5-21H2/b4-2-. The van der Waals surface area contributed by atoms with E-state index in [-0.39, 0.29) is 5.91 Å². The first kappa shape index (κ1) is 23.9. The summed E-state index contributed by atoms with van der Waals surface area (Å²) in [5, 5.41) is 8.72. The molecule has 27 heavy (non-hydrogen) atoms. The first-order valence-corrected chi connectivity index (χ1v) is 11.4. The van der Waals surface area contributed by atoms with Crippen LogP contribution in [-0.2, 0) is 4.79 Å². The molecule has 0 aromatic rings. The maximum atomic E-state index is 11.8. The van der Waals surface area contributed by atoms with Crippen molar-refractivity contribution in [2.75, 3.05) is 19.7 Å². The maximum absolute atomic E-state index is 11.8. The van der Waals surface area contributed by atoms with E-state index in [2.05, 4.69) is 17.1 Å². The van der Waals surface area contributed by atoms with E-state index >= 15 is 0 Å². The number of aliphatic imine (C=N–C) groups is 1. The fourth-order valence-electron chi connectivity index (χ4n) is 3.45. The lowest BCUT2D eigenvalue weighted by Gasteiger charge is -2.11. The van der Waals surface area contributed by atoms with Gasteiger partial charge in [0.05, 0.1) is 12.9 Å². The van der Waals surface area contributed by atoms with E-state index in [1.165, 1.54) is 83.5 Å². The molecule has 4 heteroatoms. The van der Waals surface area contributed by atoms with Gasteiger partial charge in [-0.15, -0.1) is 0 Å². The Hall–Kier alpha value is -1.16. The molecule has 0 aliphatic carbocycles. The average Bonchev–Trinajstić information content (AvgIpc) is 3.22. The molecule has 0 aromatic carbocycles. The van der Waals surface area contributed by atoms with Crippen molar-refractivity contribution in [1.82, 2.24) is 4.90 Å². The monoisotopic (exact) mass is 378 g/mol. The minimum absolute atomic E-state index is 0.237. The Morgan fingerprint density at radius 3 is 1.85 bits per heavy atom. The minimum Gasteiger partial charge on any atom is -0.396 e. The Bertz CT molecular complexity index is 407. The van der Waals surface area contributed by atoms with Crippen molar-refractivity contribution in [2.45, 2.75) is 103 Å². The molecule has 1 heterocycles. The normalized spacial score (nSPS) is 13.9. The van der Waals surface area contributed by atoms with Gasteiger partial charge in [0, 0.05) is 19.6 Å². The summed E-state index contributed by atoms with van der Waals surface area (Å²) in [5.74, 6) is 0.237. The number of aliphatic hydroxyl groups is 1. The zero-order chi connectivity index (χ0) is 19.4. The van der Waals surface area contributed by atoms with Gasteiger partial charge in [-0.3, -0.25) is 9.79 Å². The Kier molecular flexibility index (Phi) is 16.1.